The Morgan fingerprint density at radius 2 is 1.94 bits per heavy atom. The van der Waals surface area contributed by atoms with Crippen LogP contribution in [-0.4, -0.2) is 18.7 Å². The average molecular weight is 247 g/mol. The summed E-state index contributed by atoms with van der Waals surface area (Å²) in [6, 6.07) is 6.67. The molecule has 1 unspecified atom stereocenters. The number of rotatable bonds is 3. The lowest BCUT2D eigenvalue weighted by Gasteiger charge is -2.41. The Balaban J connectivity index is 2.20. The molecule has 0 bridgehead atoms. The number of hydrogen-bond acceptors (Lipinski definition) is 2. The zero-order valence-electron chi connectivity index (χ0n) is 12.0. The van der Waals surface area contributed by atoms with Crippen LogP contribution in [0, 0.1) is 13.8 Å². The quantitative estimate of drug-likeness (QED) is 0.882. The van der Waals surface area contributed by atoms with Crippen molar-refractivity contribution in [3.63, 3.8) is 0 Å². The van der Waals surface area contributed by atoms with E-state index in [9.17, 15) is 0 Å². The van der Waals surface area contributed by atoms with Crippen molar-refractivity contribution in [1.82, 2.24) is 5.32 Å². The van der Waals surface area contributed by atoms with Crippen LogP contribution in [-0.2, 0) is 4.74 Å². The standard InChI is InChI=1S/C16H25NO/c1-5-16(6-2)11-17-10-15(18-16)14-8-7-12(3)13(4)9-14/h7-9,15,17H,5-6,10-11H2,1-4H3. The van der Waals surface area contributed by atoms with Crippen LogP contribution < -0.4 is 5.32 Å². The van der Waals surface area contributed by atoms with Crippen LogP contribution in [0.3, 0.4) is 0 Å². The van der Waals surface area contributed by atoms with E-state index in [2.05, 4.69) is 51.2 Å². The number of aryl methyl sites for hydroxylation is 2. The summed E-state index contributed by atoms with van der Waals surface area (Å²) in [5.74, 6) is 0. The van der Waals surface area contributed by atoms with Gasteiger partial charge in [0, 0.05) is 13.1 Å². The van der Waals surface area contributed by atoms with Gasteiger partial charge in [-0.25, -0.2) is 0 Å². The van der Waals surface area contributed by atoms with Gasteiger partial charge in [-0.05, 0) is 43.4 Å². The molecule has 100 valence electrons. The van der Waals surface area contributed by atoms with Crippen LogP contribution in [0.1, 0.15) is 49.5 Å². The normalized spacial score (nSPS) is 23.0. The SMILES string of the molecule is CCC1(CC)CNCC(c2ccc(C)c(C)c2)O1. The molecule has 1 aromatic rings. The third kappa shape index (κ3) is 2.60. The third-order valence-corrected chi connectivity index (χ3v) is 4.36. The highest BCUT2D eigenvalue weighted by Crippen LogP contribution is 2.32. The van der Waals surface area contributed by atoms with Gasteiger partial charge in [0.05, 0.1) is 11.7 Å². The predicted octanol–water partition coefficient (Wildman–Crippen LogP) is 3.52. The lowest BCUT2D eigenvalue weighted by atomic mass is 9.93. The molecule has 1 aliphatic heterocycles. The van der Waals surface area contributed by atoms with Crippen molar-refractivity contribution in [2.24, 2.45) is 0 Å². The monoisotopic (exact) mass is 247 g/mol. The van der Waals surface area contributed by atoms with Gasteiger partial charge in [-0.2, -0.15) is 0 Å². The lowest BCUT2D eigenvalue weighted by Crippen LogP contribution is -2.50. The van der Waals surface area contributed by atoms with Gasteiger partial charge in [0.15, 0.2) is 0 Å². The van der Waals surface area contributed by atoms with Crippen molar-refractivity contribution in [3.05, 3.63) is 34.9 Å². The fourth-order valence-electron chi connectivity index (χ4n) is 2.63. The first kappa shape index (κ1) is 13.6. The van der Waals surface area contributed by atoms with Crippen LogP contribution in [0.4, 0.5) is 0 Å². The average Bonchev–Trinajstić information content (AvgIpc) is 2.42. The highest BCUT2D eigenvalue weighted by Gasteiger charge is 2.34. The molecule has 18 heavy (non-hydrogen) atoms. The first-order chi connectivity index (χ1) is 8.60. The molecule has 2 rings (SSSR count). The maximum absolute atomic E-state index is 6.39. The van der Waals surface area contributed by atoms with Gasteiger partial charge in [0.1, 0.15) is 0 Å². The minimum atomic E-state index is 0.0156. The van der Waals surface area contributed by atoms with Crippen LogP contribution in [0.2, 0.25) is 0 Å². The van der Waals surface area contributed by atoms with Crippen LogP contribution in [0.15, 0.2) is 18.2 Å². The van der Waals surface area contributed by atoms with E-state index < -0.39 is 0 Å². The summed E-state index contributed by atoms with van der Waals surface area (Å²) in [6.45, 7) is 10.6. The maximum atomic E-state index is 6.39. The molecular weight excluding hydrogens is 222 g/mol. The fourth-order valence-corrected chi connectivity index (χ4v) is 2.63. The molecule has 2 heteroatoms. The van der Waals surface area contributed by atoms with Crippen molar-refractivity contribution in [3.8, 4) is 0 Å². The van der Waals surface area contributed by atoms with E-state index in [0.717, 1.165) is 25.9 Å². The topological polar surface area (TPSA) is 21.3 Å². The second-order valence-corrected chi connectivity index (χ2v) is 5.47. The molecule has 1 aromatic carbocycles. The maximum Gasteiger partial charge on any atom is 0.0957 e. The van der Waals surface area contributed by atoms with Crippen molar-refractivity contribution in [2.45, 2.75) is 52.2 Å². The summed E-state index contributed by atoms with van der Waals surface area (Å²) in [5.41, 5.74) is 4.01. The highest BCUT2D eigenvalue weighted by molar-refractivity contribution is 5.31. The smallest absolute Gasteiger partial charge is 0.0957 e. The van der Waals surface area contributed by atoms with Gasteiger partial charge in [0.25, 0.3) is 0 Å². The van der Waals surface area contributed by atoms with E-state index in [1.54, 1.807) is 0 Å². The van der Waals surface area contributed by atoms with E-state index in [4.69, 9.17) is 4.74 Å². The Hall–Kier alpha value is -0.860. The van der Waals surface area contributed by atoms with E-state index in [1.807, 2.05) is 0 Å². The van der Waals surface area contributed by atoms with Crippen LogP contribution in [0.25, 0.3) is 0 Å². The van der Waals surface area contributed by atoms with Crippen molar-refractivity contribution in [2.75, 3.05) is 13.1 Å². The van der Waals surface area contributed by atoms with Crippen molar-refractivity contribution >= 4 is 0 Å². The first-order valence-corrected chi connectivity index (χ1v) is 7.06. The summed E-state index contributed by atoms with van der Waals surface area (Å²) in [5, 5.41) is 3.54. The Morgan fingerprint density at radius 3 is 2.56 bits per heavy atom. The minimum absolute atomic E-state index is 0.0156. The summed E-state index contributed by atoms with van der Waals surface area (Å²) in [4.78, 5) is 0. The lowest BCUT2D eigenvalue weighted by molar-refractivity contribution is -0.122. The zero-order valence-corrected chi connectivity index (χ0v) is 12.0. The molecule has 0 amide bonds. The van der Waals surface area contributed by atoms with Gasteiger partial charge in [-0.15, -0.1) is 0 Å². The summed E-state index contributed by atoms with van der Waals surface area (Å²) in [6.07, 6.45) is 2.33. The molecule has 1 aliphatic rings. The van der Waals surface area contributed by atoms with E-state index in [1.165, 1.54) is 16.7 Å². The number of benzene rings is 1. The largest absolute Gasteiger partial charge is 0.364 e. The fraction of sp³-hybridized carbons (Fsp3) is 0.625. The van der Waals surface area contributed by atoms with Crippen LogP contribution >= 0.6 is 0 Å². The summed E-state index contributed by atoms with van der Waals surface area (Å²) < 4.78 is 6.39. The van der Waals surface area contributed by atoms with Crippen LogP contribution in [0.5, 0.6) is 0 Å². The van der Waals surface area contributed by atoms with Gasteiger partial charge >= 0.3 is 0 Å². The third-order valence-electron chi connectivity index (χ3n) is 4.36. The molecule has 1 N–H and O–H groups in total. The van der Waals surface area contributed by atoms with Crippen molar-refractivity contribution < 1.29 is 4.74 Å². The van der Waals surface area contributed by atoms with Gasteiger partial charge in [0.2, 0.25) is 0 Å². The number of morpholine rings is 1. The molecule has 0 spiro atoms. The number of hydrogen-bond donors (Lipinski definition) is 1. The number of nitrogens with one attached hydrogen (secondary N) is 1. The van der Waals surface area contributed by atoms with E-state index in [0.29, 0.717) is 0 Å². The Kier molecular flexibility index (Phi) is 4.08. The Labute approximate surface area is 111 Å². The Morgan fingerprint density at radius 1 is 1.22 bits per heavy atom. The van der Waals surface area contributed by atoms with Gasteiger partial charge in [-0.3, -0.25) is 0 Å². The summed E-state index contributed by atoms with van der Waals surface area (Å²) >= 11 is 0. The molecule has 1 saturated heterocycles. The van der Waals surface area contributed by atoms with Gasteiger partial charge in [-0.1, -0.05) is 32.0 Å². The molecule has 0 aliphatic carbocycles. The summed E-state index contributed by atoms with van der Waals surface area (Å²) in [7, 11) is 0. The Bertz CT molecular complexity index is 410. The molecule has 0 saturated carbocycles. The van der Waals surface area contributed by atoms with E-state index >= 15 is 0 Å². The molecule has 1 fully saturated rings. The zero-order chi connectivity index (χ0) is 13.2. The second kappa shape index (κ2) is 5.41. The molecule has 2 nitrogen and oxygen atoms in total. The number of ether oxygens (including phenoxy) is 1. The molecule has 0 aromatic heterocycles. The molecular formula is C16H25NO. The van der Waals surface area contributed by atoms with Crippen molar-refractivity contribution in [1.29, 1.82) is 0 Å². The highest BCUT2D eigenvalue weighted by atomic mass is 16.5. The molecule has 0 radical (unpaired) electrons. The van der Waals surface area contributed by atoms with Gasteiger partial charge < -0.3 is 10.1 Å². The molecule has 1 heterocycles. The van der Waals surface area contributed by atoms with E-state index in [-0.39, 0.29) is 11.7 Å². The second-order valence-electron chi connectivity index (χ2n) is 5.47. The predicted molar refractivity (Wildman–Crippen MR) is 75.9 cm³/mol. The first-order valence-electron chi connectivity index (χ1n) is 7.06. The molecule has 1 atom stereocenters. The minimum Gasteiger partial charge on any atom is -0.364 e.